The van der Waals surface area contributed by atoms with Gasteiger partial charge in [-0.25, -0.2) is 0 Å². The van der Waals surface area contributed by atoms with E-state index < -0.39 is 0 Å². The smallest absolute Gasteiger partial charge is 0.189 e. The van der Waals surface area contributed by atoms with Crippen LogP contribution >= 0.6 is 0 Å². The van der Waals surface area contributed by atoms with Crippen molar-refractivity contribution in [3.8, 4) is 11.5 Å². The Balaban J connectivity index is 1.89. The van der Waals surface area contributed by atoms with Gasteiger partial charge in [0.1, 0.15) is 11.5 Å². The van der Waals surface area contributed by atoms with Crippen LogP contribution in [0.5, 0.6) is 11.5 Å². The molecule has 0 heterocycles. The van der Waals surface area contributed by atoms with E-state index in [1.165, 1.54) is 12.8 Å². The molecule has 100 valence electrons. The van der Waals surface area contributed by atoms with Gasteiger partial charge in [-0.15, -0.1) is 0 Å². The molecule has 1 aliphatic carbocycles. The second-order valence-electron chi connectivity index (χ2n) is 4.59. The summed E-state index contributed by atoms with van der Waals surface area (Å²) < 4.78 is 16.3. The maximum absolute atomic E-state index is 5.65. The first-order valence-corrected chi connectivity index (χ1v) is 6.41. The molecule has 0 atom stereocenters. The molecule has 1 aromatic carbocycles. The summed E-state index contributed by atoms with van der Waals surface area (Å²) in [5, 5.41) is 0. The summed E-state index contributed by atoms with van der Waals surface area (Å²) in [4.78, 5) is 0. The average molecular weight is 251 g/mol. The van der Waals surface area contributed by atoms with Gasteiger partial charge in [-0.05, 0) is 43.4 Å². The summed E-state index contributed by atoms with van der Waals surface area (Å²) in [6, 6.07) is 5.79. The van der Waals surface area contributed by atoms with Crippen molar-refractivity contribution in [2.24, 2.45) is 11.7 Å². The number of hydrogen-bond donors (Lipinski definition) is 1. The van der Waals surface area contributed by atoms with E-state index in [1.54, 1.807) is 7.11 Å². The zero-order valence-corrected chi connectivity index (χ0v) is 10.9. The molecule has 0 aliphatic heterocycles. The highest BCUT2D eigenvalue weighted by Gasteiger charge is 2.21. The lowest BCUT2D eigenvalue weighted by atomic mass is 10.1. The Morgan fingerprint density at radius 3 is 2.83 bits per heavy atom. The summed E-state index contributed by atoms with van der Waals surface area (Å²) in [6.07, 6.45) is 3.37. The molecule has 4 heteroatoms. The molecule has 18 heavy (non-hydrogen) atoms. The van der Waals surface area contributed by atoms with Crippen molar-refractivity contribution in [3.63, 3.8) is 0 Å². The van der Waals surface area contributed by atoms with Gasteiger partial charge in [-0.2, -0.15) is 0 Å². The predicted molar refractivity (Wildman–Crippen MR) is 69.9 cm³/mol. The molecule has 1 aromatic rings. The third-order valence-corrected chi connectivity index (χ3v) is 3.04. The number of hydrogen-bond acceptors (Lipinski definition) is 4. The van der Waals surface area contributed by atoms with E-state index in [4.69, 9.17) is 19.9 Å². The van der Waals surface area contributed by atoms with E-state index in [0.29, 0.717) is 13.3 Å². The van der Waals surface area contributed by atoms with E-state index in [0.717, 1.165) is 36.0 Å². The minimum absolute atomic E-state index is 0.293. The fourth-order valence-corrected chi connectivity index (χ4v) is 1.76. The topological polar surface area (TPSA) is 53.7 Å². The van der Waals surface area contributed by atoms with E-state index in [-0.39, 0.29) is 0 Å². The van der Waals surface area contributed by atoms with Gasteiger partial charge in [-0.3, -0.25) is 0 Å². The largest absolute Gasteiger partial charge is 0.497 e. The van der Waals surface area contributed by atoms with Gasteiger partial charge in [0, 0.05) is 6.07 Å². The molecule has 0 aromatic heterocycles. The molecule has 0 saturated heterocycles. The van der Waals surface area contributed by atoms with Crippen LogP contribution < -0.4 is 15.2 Å². The lowest BCUT2D eigenvalue weighted by molar-refractivity contribution is 0.00939. The number of ether oxygens (including phenoxy) is 3. The summed E-state index contributed by atoms with van der Waals surface area (Å²) in [7, 11) is 1.64. The van der Waals surface area contributed by atoms with E-state index in [2.05, 4.69) is 0 Å². The fourth-order valence-electron chi connectivity index (χ4n) is 1.76. The van der Waals surface area contributed by atoms with Gasteiger partial charge in [0.25, 0.3) is 0 Å². The van der Waals surface area contributed by atoms with Crippen molar-refractivity contribution in [2.75, 3.05) is 27.1 Å². The molecule has 2 rings (SSSR count). The minimum atomic E-state index is 0.293. The van der Waals surface area contributed by atoms with Crippen LogP contribution in [0, 0.1) is 5.92 Å². The van der Waals surface area contributed by atoms with Crippen LogP contribution in [-0.2, 0) is 11.2 Å². The SMILES string of the molecule is COc1ccc(CCN)c(OCOCC2CC2)c1. The van der Waals surface area contributed by atoms with Crippen LogP contribution in [0.1, 0.15) is 18.4 Å². The Hall–Kier alpha value is -1.26. The van der Waals surface area contributed by atoms with Crippen LogP contribution in [0.2, 0.25) is 0 Å². The van der Waals surface area contributed by atoms with E-state index in [9.17, 15) is 0 Å². The quantitative estimate of drug-likeness (QED) is 0.567. The minimum Gasteiger partial charge on any atom is -0.497 e. The molecule has 0 bridgehead atoms. The van der Waals surface area contributed by atoms with Gasteiger partial charge in [0.2, 0.25) is 0 Å². The van der Waals surface area contributed by atoms with Gasteiger partial charge in [-0.1, -0.05) is 6.07 Å². The Labute approximate surface area is 108 Å². The van der Waals surface area contributed by atoms with Crippen molar-refractivity contribution < 1.29 is 14.2 Å². The number of rotatable bonds is 8. The molecule has 2 N–H and O–H groups in total. The maximum atomic E-state index is 5.65. The summed E-state index contributed by atoms with van der Waals surface area (Å²) >= 11 is 0. The fraction of sp³-hybridized carbons (Fsp3) is 0.571. The summed E-state index contributed by atoms with van der Waals surface area (Å²) in [6.45, 7) is 1.70. The Morgan fingerprint density at radius 2 is 2.17 bits per heavy atom. The van der Waals surface area contributed by atoms with Gasteiger partial charge < -0.3 is 19.9 Å². The first kappa shape index (κ1) is 13.2. The van der Waals surface area contributed by atoms with Crippen LogP contribution in [0.25, 0.3) is 0 Å². The molecule has 0 spiro atoms. The van der Waals surface area contributed by atoms with E-state index >= 15 is 0 Å². The number of nitrogens with two attached hydrogens (primary N) is 1. The highest BCUT2D eigenvalue weighted by atomic mass is 16.7. The molecule has 0 amide bonds. The van der Waals surface area contributed by atoms with Crippen LogP contribution in [0.15, 0.2) is 18.2 Å². The van der Waals surface area contributed by atoms with Crippen LogP contribution in [0.4, 0.5) is 0 Å². The Morgan fingerprint density at radius 1 is 1.33 bits per heavy atom. The summed E-state index contributed by atoms with van der Waals surface area (Å²) in [5.41, 5.74) is 6.68. The third kappa shape index (κ3) is 3.89. The van der Waals surface area contributed by atoms with Crippen molar-refractivity contribution >= 4 is 0 Å². The lowest BCUT2D eigenvalue weighted by Gasteiger charge is -2.12. The first-order valence-electron chi connectivity index (χ1n) is 6.41. The molecule has 4 nitrogen and oxygen atoms in total. The average Bonchev–Trinajstić information content (AvgIpc) is 3.20. The number of benzene rings is 1. The highest BCUT2D eigenvalue weighted by molar-refractivity contribution is 5.40. The monoisotopic (exact) mass is 251 g/mol. The standard InChI is InChI=1S/C14H21NO3/c1-16-13-5-4-12(6-7-15)14(8-13)18-10-17-9-11-2-3-11/h4-5,8,11H,2-3,6-7,9-10,15H2,1H3. The normalized spacial score (nSPS) is 14.6. The Kier molecular flexibility index (Phi) is 4.84. The molecule has 1 fully saturated rings. The molecular formula is C14H21NO3. The zero-order chi connectivity index (χ0) is 12.8. The lowest BCUT2D eigenvalue weighted by Crippen LogP contribution is -2.09. The first-order chi connectivity index (χ1) is 8.83. The van der Waals surface area contributed by atoms with Gasteiger partial charge in [0.15, 0.2) is 6.79 Å². The van der Waals surface area contributed by atoms with Crippen molar-refractivity contribution in [2.45, 2.75) is 19.3 Å². The molecular weight excluding hydrogens is 230 g/mol. The van der Waals surface area contributed by atoms with Crippen LogP contribution in [0.3, 0.4) is 0 Å². The van der Waals surface area contributed by atoms with Crippen molar-refractivity contribution in [1.29, 1.82) is 0 Å². The molecule has 0 radical (unpaired) electrons. The number of methoxy groups -OCH3 is 1. The second kappa shape index (κ2) is 6.61. The Bertz CT molecular complexity index is 377. The van der Waals surface area contributed by atoms with Gasteiger partial charge >= 0.3 is 0 Å². The molecule has 0 unspecified atom stereocenters. The van der Waals surface area contributed by atoms with Crippen molar-refractivity contribution in [3.05, 3.63) is 23.8 Å². The van der Waals surface area contributed by atoms with Crippen molar-refractivity contribution in [1.82, 2.24) is 0 Å². The highest BCUT2D eigenvalue weighted by Crippen LogP contribution is 2.29. The van der Waals surface area contributed by atoms with Gasteiger partial charge in [0.05, 0.1) is 13.7 Å². The third-order valence-electron chi connectivity index (χ3n) is 3.04. The molecule has 1 saturated carbocycles. The zero-order valence-electron chi connectivity index (χ0n) is 10.9. The second-order valence-corrected chi connectivity index (χ2v) is 4.59. The summed E-state index contributed by atoms with van der Waals surface area (Å²) in [5.74, 6) is 2.34. The predicted octanol–water partition coefficient (Wildman–Crippen LogP) is 1.96. The maximum Gasteiger partial charge on any atom is 0.189 e. The van der Waals surface area contributed by atoms with E-state index in [1.807, 2.05) is 18.2 Å². The molecule has 1 aliphatic rings. The van der Waals surface area contributed by atoms with Crippen LogP contribution in [-0.4, -0.2) is 27.1 Å².